The van der Waals surface area contributed by atoms with Gasteiger partial charge in [-0.1, -0.05) is 30.3 Å². The molecule has 0 aromatic heterocycles. The van der Waals surface area contributed by atoms with E-state index >= 15 is 0 Å². The molecule has 2 rings (SSSR count). The van der Waals surface area contributed by atoms with E-state index in [-0.39, 0.29) is 6.42 Å². The molecule has 2 aromatic rings. The highest BCUT2D eigenvalue weighted by Gasteiger charge is 2.24. The number of benzene rings is 2. The number of alkyl carbamates (subject to hydrolysis) is 1. The van der Waals surface area contributed by atoms with Gasteiger partial charge in [-0.15, -0.1) is 0 Å². The Hall–Kier alpha value is -3.22. The maximum atomic E-state index is 11.9. The summed E-state index contributed by atoms with van der Waals surface area (Å²) >= 11 is 0. The van der Waals surface area contributed by atoms with Crippen LogP contribution in [0.3, 0.4) is 0 Å². The summed E-state index contributed by atoms with van der Waals surface area (Å²) in [6, 6.07) is 12.0. The quantitative estimate of drug-likeness (QED) is 0.731. The molecule has 0 fully saturated rings. The predicted molar refractivity (Wildman–Crippen MR) is 109 cm³/mol. The molecular formula is C22H27NO6. The monoisotopic (exact) mass is 401 g/mol. The first-order valence-electron chi connectivity index (χ1n) is 9.16. The van der Waals surface area contributed by atoms with E-state index in [0.717, 1.165) is 16.7 Å². The van der Waals surface area contributed by atoms with Crippen LogP contribution in [0.1, 0.15) is 26.3 Å². The Kier molecular flexibility index (Phi) is 7.09. The number of carbonyl (C=O) groups excluding carboxylic acids is 1. The molecule has 7 nitrogen and oxygen atoms in total. The van der Waals surface area contributed by atoms with Crippen LogP contribution in [0, 0.1) is 0 Å². The summed E-state index contributed by atoms with van der Waals surface area (Å²) in [5, 5.41) is 11.8. The molecule has 0 saturated heterocycles. The van der Waals surface area contributed by atoms with Crippen molar-refractivity contribution in [3.05, 3.63) is 48.0 Å². The van der Waals surface area contributed by atoms with Gasteiger partial charge in [0.15, 0.2) is 11.5 Å². The first-order valence-corrected chi connectivity index (χ1v) is 9.16. The van der Waals surface area contributed by atoms with E-state index in [1.54, 1.807) is 35.0 Å². The maximum Gasteiger partial charge on any atom is 0.408 e. The van der Waals surface area contributed by atoms with Crippen molar-refractivity contribution in [3.8, 4) is 22.6 Å². The number of amides is 1. The van der Waals surface area contributed by atoms with E-state index in [2.05, 4.69) is 5.32 Å². The summed E-state index contributed by atoms with van der Waals surface area (Å²) in [6.07, 6.45) is -0.618. The van der Waals surface area contributed by atoms with Crippen LogP contribution in [-0.2, 0) is 16.0 Å². The number of carboxylic acid groups (broad SMARTS) is 1. The standard InChI is InChI=1S/C22H27NO6/c1-22(2,3)29-21(26)23-17(20(24)25)12-14-6-8-15(9-7-14)16-10-11-18(27-4)19(13-16)28-5/h6-11,13,17H,12H2,1-5H3,(H,23,26)(H,24,25). The lowest BCUT2D eigenvalue weighted by molar-refractivity contribution is -0.139. The van der Waals surface area contributed by atoms with Crippen molar-refractivity contribution < 1.29 is 28.9 Å². The summed E-state index contributed by atoms with van der Waals surface area (Å²) in [6.45, 7) is 5.15. The number of hydrogen-bond donors (Lipinski definition) is 2. The van der Waals surface area contributed by atoms with Crippen molar-refractivity contribution in [2.45, 2.75) is 38.8 Å². The zero-order valence-corrected chi connectivity index (χ0v) is 17.3. The van der Waals surface area contributed by atoms with E-state index in [1.165, 1.54) is 0 Å². The summed E-state index contributed by atoms with van der Waals surface area (Å²) in [4.78, 5) is 23.4. The molecule has 7 heteroatoms. The fourth-order valence-electron chi connectivity index (χ4n) is 2.73. The summed E-state index contributed by atoms with van der Waals surface area (Å²) in [5.41, 5.74) is 1.96. The SMILES string of the molecule is COc1ccc(-c2ccc(CC(NC(=O)OC(C)(C)C)C(=O)O)cc2)cc1OC. The minimum atomic E-state index is -1.13. The van der Waals surface area contributed by atoms with E-state index < -0.39 is 23.7 Å². The Morgan fingerprint density at radius 3 is 2.07 bits per heavy atom. The van der Waals surface area contributed by atoms with Gasteiger partial charge in [-0.05, 0) is 49.6 Å². The van der Waals surface area contributed by atoms with Gasteiger partial charge < -0.3 is 24.6 Å². The lowest BCUT2D eigenvalue weighted by Crippen LogP contribution is -2.44. The van der Waals surface area contributed by atoms with Gasteiger partial charge in [0.2, 0.25) is 0 Å². The molecule has 0 bridgehead atoms. The third kappa shape index (κ3) is 6.41. The van der Waals surface area contributed by atoms with Crippen LogP contribution in [-0.4, -0.2) is 43.0 Å². The van der Waals surface area contributed by atoms with Gasteiger partial charge in [0.25, 0.3) is 0 Å². The molecular weight excluding hydrogens is 374 g/mol. The molecule has 0 heterocycles. The summed E-state index contributed by atoms with van der Waals surface area (Å²) in [7, 11) is 3.16. The molecule has 1 atom stereocenters. The molecule has 0 aliphatic carbocycles. The van der Waals surface area contributed by atoms with Crippen LogP contribution in [0.2, 0.25) is 0 Å². The topological polar surface area (TPSA) is 94.1 Å². The van der Waals surface area contributed by atoms with Gasteiger partial charge in [0, 0.05) is 6.42 Å². The second-order valence-corrected chi connectivity index (χ2v) is 7.51. The minimum absolute atomic E-state index is 0.140. The lowest BCUT2D eigenvalue weighted by Gasteiger charge is -2.22. The van der Waals surface area contributed by atoms with Crippen LogP contribution in [0.5, 0.6) is 11.5 Å². The number of carbonyl (C=O) groups is 2. The smallest absolute Gasteiger partial charge is 0.408 e. The second kappa shape index (κ2) is 9.32. The molecule has 29 heavy (non-hydrogen) atoms. The number of carboxylic acids is 1. The van der Waals surface area contributed by atoms with Crippen LogP contribution in [0.15, 0.2) is 42.5 Å². The number of rotatable bonds is 7. The van der Waals surface area contributed by atoms with Crippen molar-refractivity contribution in [3.63, 3.8) is 0 Å². The van der Waals surface area contributed by atoms with Gasteiger partial charge >= 0.3 is 12.1 Å². The molecule has 0 radical (unpaired) electrons. The molecule has 2 N–H and O–H groups in total. The number of ether oxygens (including phenoxy) is 3. The molecule has 1 unspecified atom stereocenters. The van der Waals surface area contributed by atoms with Crippen molar-refractivity contribution in [2.75, 3.05) is 14.2 Å². The highest BCUT2D eigenvalue weighted by Crippen LogP contribution is 2.32. The minimum Gasteiger partial charge on any atom is -0.493 e. The van der Waals surface area contributed by atoms with Gasteiger partial charge in [-0.25, -0.2) is 9.59 Å². The normalized spacial score (nSPS) is 12.0. The number of hydrogen-bond acceptors (Lipinski definition) is 5. The van der Waals surface area contributed by atoms with Crippen LogP contribution < -0.4 is 14.8 Å². The number of aliphatic carboxylic acids is 1. The number of nitrogens with one attached hydrogen (secondary N) is 1. The van der Waals surface area contributed by atoms with Crippen LogP contribution in [0.4, 0.5) is 4.79 Å². The predicted octanol–water partition coefficient (Wildman–Crippen LogP) is 3.89. The average molecular weight is 401 g/mol. The van der Waals surface area contributed by atoms with Gasteiger partial charge in [0.1, 0.15) is 11.6 Å². The van der Waals surface area contributed by atoms with Gasteiger partial charge in [0.05, 0.1) is 14.2 Å². The molecule has 0 spiro atoms. The molecule has 1 amide bonds. The molecule has 0 aliphatic heterocycles. The first-order chi connectivity index (χ1) is 13.6. The maximum absolute atomic E-state index is 11.9. The van der Waals surface area contributed by atoms with E-state index in [4.69, 9.17) is 14.2 Å². The van der Waals surface area contributed by atoms with E-state index in [0.29, 0.717) is 11.5 Å². The zero-order valence-electron chi connectivity index (χ0n) is 17.3. The second-order valence-electron chi connectivity index (χ2n) is 7.51. The van der Waals surface area contributed by atoms with Gasteiger partial charge in [-0.2, -0.15) is 0 Å². The van der Waals surface area contributed by atoms with Crippen molar-refractivity contribution in [1.82, 2.24) is 5.32 Å². The van der Waals surface area contributed by atoms with E-state index in [9.17, 15) is 14.7 Å². The van der Waals surface area contributed by atoms with Crippen LogP contribution >= 0.6 is 0 Å². The molecule has 0 aliphatic rings. The third-order valence-corrected chi connectivity index (χ3v) is 4.10. The Morgan fingerprint density at radius 2 is 1.55 bits per heavy atom. The third-order valence-electron chi connectivity index (χ3n) is 4.10. The molecule has 2 aromatic carbocycles. The largest absolute Gasteiger partial charge is 0.493 e. The number of methoxy groups -OCH3 is 2. The summed E-state index contributed by atoms with van der Waals surface area (Å²) in [5.74, 6) is 0.145. The molecule has 0 saturated carbocycles. The summed E-state index contributed by atoms with van der Waals surface area (Å²) < 4.78 is 15.7. The highest BCUT2D eigenvalue weighted by molar-refractivity contribution is 5.80. The van der Waals surface area contributed by atoms with Crippen molar-refractivity contribution >= 4 is 12.1 Å². The lowest BCUT2D eigenvalue weighted by atomic mass is 10.0. The fraction of sp³-hybridized carbons (Fsp3) is 0.364. The van der Waals surface area contributed by atoms with Crippen molar-refractivity contribution in [2.24, 2.45) is 0 Å². The average Bonchev–Trinajstić information content (AvgIpc) is 2.66. The first kappa shape index (κ1) is 22.1. The fourth-order valence-corrected chi connectivity index (χ4v) is 2.73. The molecule has 156 valence electrons. The highest BCUT2D eigenvalue weighted by atomic mass is 16.6. The Labute approximate surface area is 170 Å². The Morgan fingerprint density at radius 1 is 0.966 bits per heavy atom. The van der Waals surface area contributed by atoms with Crippen LogP contribution in [0.25, 0.3) is 11.1 Å². The van der Waals surface area contributed by atoms with Gasteiger partial charge in [-0.3, -0.25) is 0 Å². The van der Waals surface area contributed by atoms with E-state index in [1.807, 2.05) is 42.5 Å². The van der Waals surface area contributed by atoms with Crippen molar-refractivity contribution in [1.29, 1.82) is 0 Å². The zero-order chi connectivity index (χ0) is 21.6. The Bertz CT molecular complexity index is 855. The Balaban J connectivity index is 2.12.